The molecule has 1 aliphatic heterocycles. The van der Waals surface area contributed by atoms with Crippen LogP contribution in [0.4, 0.5) is 5.82 Å². The van der Waals surface area contributed by atoms with Crippen LogP contribution < -0.4 is 4.74 Å². The number of nitro groups is 1. The van der Waals surface area contributed by atoms with Crippen molar-refractivity contribution in [1.29, 1.82) is 0 Å². The maximum atomic E-state index is 12.2. The van der Waals surface area contributed by atoms with E-state index in [1.807, 2.05) is 0 Å². The van der Waals surface area contributed by atoms with Crippen molar-refractivity contribution in [1.82, 2.24) is 9.88 Å². The van der Waals surface area contributed by atoms with Crippen molar-refractivity contribution in [2.75, 3.05) is 13.2 Å². The molecule has 0 fully saturated rings. The second kappa shape index (κ2) is 7.08. The summed E-state index contributed by atoms with van der Waals surface area (Å²) in [6.45, 7) is 0.514. The van der Waals surface area contributed by atoms with E-state index in [2.05, 4.69) is 4.98 Å². The van der Waals surface area contributed by atoms with Crippen LogP contribution >= 0.6 is 0 Å². The minimum absolute atomic E-state index is 0.105. The minimum atomic E-state index is -0.603. The Hall–Kier alpha value is -3.29. The highest BCUT2D eigenvalue weighted by Gasteiger charge is 2.34. The molecule has 8 nitrogen and oxygen atoms in total. The van der Waals surface area contributed by atoms with Gasteiger partial charge in [0.05, 0.1) is 17.7 Å². The average molecular weight is 341 g/mol. The van der Waals surface area contributed by atoms with Crippen molar-refractivity contribution in [2.24, 2.45) is 0 Å². The Bertz CT molecular complexity index is 802. The number of carbonyl (C=O) groups excluding carboxylic acids is 2. The molecule has 0 N–H and O–H groups in total. The zero-order valence-corrected chi connectivity index (χ0v) is 13.3. The van der Waals surface area contributed by atoms with Crippen molar-refractivity contribution in [3.05, 3.63) is 63.8 Å². The van der Waals surface area contributed by atoms with Gasteiger partial charge in [-0.1, -0.05) is 12.1 Å². The molecule has 2 heterocycles. The van der Waals surface area contributed by atoms with Crippen LogP contribution in [0.15, 0.2) is 42.6 Å². The van der Waals surface area contributed by atoms with Gasteiger partial charge in [0.25, 0.3) is 11.8 Å². The van der Waals surface area contributed by atoms with Crippen molar-refractivity contribution in [3.8, 4) is 5.75 Å². The number of nitrogens with zero attached hydrogens (tertiary/aromatic N) is 3. The molecule has 1 aromatic carbocycles. The molecule has 0 bridgehead atoms. The van der Waals surface area contributed by atoms with Crippen molar-refractivity contribution in [3.63, 3.8) is 0 Å². The molecule has 0 saturated carbocycles. The number of carbonyl (C=O) groups is 2. The zero-order chi connectivity index (χ0) is 17.8. The Morgan fingerprint density at radius 1 is 1.04 bits per heavy atom. The Labute approximate surface area is 143 Å². The third-order valence-corrected chi connectivity index (χ3v) is 3.84. The standard InChI is InChI=1S/C17H15N3O5/c21-16-12-6-1-2-7-13(12)17(22)19(16)10-3-4-11-25-14-8-5-9-18-15(14)20(23)24/h1-2,5-9H,3-4,10-11H2. The van der Waals surface area contributed by atoms with Gasteiger partial charge in [0, 0.05) is 6.54 Å². The van der Waals surface area contributed by atoms with E-state index in [4.69, 9.17) is 4.74 Å². The number of hydrogen-bond acceptors (Lipinski definition) is 6. The summed E-state index contributed by atoms with van der Waals surface area (Å²) in [7, 11) is 0. The molecular weight excluding hydrogens is 326 g/mol. The third kappa shape index (κ3) is 3.32. The van der Waals surface area contributed by atoms with Crippen LogP contribution in [0.3, 0.4) is 0 Å². The molecule has 0 aliphatic carbocycles. The molecule has 0 saturated heterocycles. The summed E-state index contributed by atoms with van der Waals surface area (Å²) in [4.78, 5) is 39.5. The molecule has 128 valence electrons. The highest BCUT2D eigenvalue weighted by atomic mass is 16.6. The van der Waals surface area contributed by atoms with E-state index in [0.29, 0.717) is 24.0 Å². The van der Waals surface area contributed by atoms with Gasteiger partial charge in [0.15, 0.2) is 0 Å². The molecule has 0 radical (unpaired) electrons. The fourth-order valence-corrected chi connectivity index (χ4v) is 2.63. The van der Waals surface area contributed by atoms with E-state index in [9.17, 15) is 19.7 Å². The fraction of sp³-hybridized carbons (Fsp3) is 0.235. The van der Waals surface area contributed by atoms with E-state index >= 15 is 0 Å². The summed E-state index contributed by atoms with van der Waals surface area (Å²) in [5.74, 6) is -0.801. The first-order chi connectivity index (χ1) is 12.1. The number of fused-ring (bicyclic) bond motifs is 1. The van der Waals surface area contributed by atoms with Gasteiger partial charge in [-0.05, 0) is 47.0 Å². The number of imide groups is 1. The molecule has 25 heavy (non-hydrogen) atoms. The number of rotatable bonds is 7. The van der Waals surface area contributed by atoms with Crippen molar-refractivity contribution >= 4 is 17.6 Å². The highest BCUT2D eigenvalue weighted by Crippen LogP contribution is 2.24. The maximum absolute atomic E-state index is 12.2. The minimum Gasteiger partial charge on any atom is -0.486 e. The van der Waals surface area contributed by atoms with Gasteiger partial charge in [0.2, 0.25) is 5.75 Å². The molecule has 1 aliphatic rings. The second-order valence-electron chi connectivity index (χ2n) is 5.45. The Morgan fingerprint density at radius 3 is 2.36 bits per heavy atom. The zero-order valence-electron chi connectivity index (χ0n) is 13.3. The fourth-order valence-electron chi connectivity index (χ4n) is 2.63. The summed E-state index contributed by atoms with van der Waals surface area (Å²) in [5.41, 5.74) is 0.851. The second-order valence-corrected chi connectivity index (χ2v) is 5.45. The first-order valence-electron chi connectivity index (χ1n) is 7.77. The van der Waals surface area contributed by atoms with Crippen LogP contribution in [0.1, 0.15) is 33.6 Å². The molecule has 0 spiro atoms. The van der Waals surface area contributed by atoms with Gasteiger partial charge >= 0.3 is 5.82 Å². The van der Waals surface area contributed by atoms with Crippen LogP contribution in [0.25, 0.3) is 0 Å². The average Bonchev–Trinajstić information content (AvgIpc) is 2.87. The van der Waals surface area contributed by atoms with E-state index in [0.717, 1.165) is 0 Å². The number of ether oxygens (including phenoxy) is 1. The molecular formula is C17H15N3O5. The van der Waals surface area contributed by atoms with Gasteiger partial charge in [-0.2, -0.15) is 0 Å². The van der Waals surface area contributed by atoms with Gasteiger partial charge in [-0.3, -0.25) is 14.5 Å². The number of aromatic nitrogens is 1. The van der Waals surface area contributed by atoms with Gasteiger partial charge < -0.3 is 14.9 Å². The van der Waals surface area contributed by atoms with Crippen molar-refractivity contribution in [2.45, 2.75) is 12.8 Å². The number of amides is 2. The smallest absolute Gasteiger partial charge is 0.406 e. The topological polar surface area (TPSA) is 103 Å². The lowest BCUT2D eigenvalue weighted by atomic mass is 10.1. The summed E-state index contributed by atoms with van der Waals surface area (Å²) in [6.07, 6.45) is 2.41. The Balaban J connectivity index is 1.50. The monoisotopic (exact) mass is 341 g/mol. The molecule has 2 aromatic rings. The SMILES string of the molecule is O=C1c2ccccc2C(=O)N1CCCCOc1cccnc1[N+](=O)[O-]. The van der Waals surface area contributed by atoms with Crippen LogP contribution in [-0.2, 0) is 0 Å². The van der Waals surface area contributed by atoms with Crippen LogP contribution in [0, 0.1) is 10.1 Å². The van der Waals surface area contributed by atoms with Gasteiger partial charge in [-0.25, -0.2) is 0 Å². The van der Waals surface area contributed by atoms with Crippen molar-refractivity contribution < 1.29 is 19.2 Å². The van der Waals surface area contributed by atoms with Crippen LogP contribution in [0.2, 0.25) is 0 Å². The van der Waals surface area contributed by atoms with E-state index in [1.165, 1.54) is 17.2 Å². The number of unbranched alkanes of at least 4 members (excludes halogenated alkanes) is 1. The molecule has 1 aromatic heterocycles. The summed E-state index contributed by atoms with van der Waals surface area (Å²) < 4.78 is 5.39. The molecule has 0 unspecified atom stereocenters. The van der Waals surface area contributed by atoms with E-state index in [-0.39, 0.29) is 36.5 Å². The predicted octanol–water partition coefficient (Wildman–Crippen LogP) is 2.45. The lowest BCUT2D eigenvalue weighted by molar-refractivity contribution is -0.390. The first-order valence-corrected chi connectivity index (χ1v) is 7.77. The lowest BCUT2D eigenvalue weighted by Gasteiger charge is -2.13. The summed E-state index contributed by atoms with van der Waals surface area (Å²) in [6, 6.07) is 9.77. The van der Waals surface area contributed by atoms with Gasteiger partial charge in [0.1, 0.15) is 6.20 Å². The molecule has 3 rings (SSSR count). The lowest BCUT2D eigenvalue weighted by Crippen LogP contribution is -2.30. The number of hydrogen-bond donors (Lipinski definition) is 0. The molecule has 8 heteroatoms. The van der Waals surface area contributed by atoms with E-state index < -0.39 is 4.92 Å². The quantitative estimate of drug-likeness (QED) is 0.332. The molecule has 0 atom stereocenters. The first kappa shape index (κ1) is 16.6. The van der Waals surface area contributed by atoms with Gasteiger partial charge in [-0.15, -0.1) is 0 Å². The number of pyridine rings is 1. The highest BCUT2D eigenvalue weighted by molar-refractivity contribution is 6.21. The van der Waals surface area contributed by atoms with Crippen LogP contribution in [-0.4, -0.2) is 39.8 Å². The Kier molecular flexibility index (Phi) is 4.69. The van der Waals surface area contributed by atoms with E-state index in [1.54, 1.807) is 30.3 Å². The third-order valence-electron chi connectivity index (χ3n) is 3.84. The summed E-state index contributed by atoms with van der Waals surface area (Å²) >= 11 is 0. The maximum Gasteiger partial charge on any atom is 0.406 e. The summed E-state index contributed by atoms with van der Waals surface area (Å²) in [5, 5.41) is 10.8. The molecule has 2 amide bonds. The largest absolute Gasteiger partial charge is 0.486 e. The normalized spacial score (nSPS) is 13.0. The number of benzene rings is 1. The van der Waals surface area contributed by atoms with Crippen LogP contribution in [0.5, 0.6) is 5.75 Å². The predicted molar refractivity (Wildman–Crippen MR) is 87.4 cm³/mol. The Morgan fingerprint density at radius 2 is 1.72 bits per heavy atom.